The van der Waals surface area contributed by atoms with E-state index in [-0.39, 0.29) is 27.7 Å². The monoisotopic (exact) mass is 341 g/mol. The highest BCUT2D eigenvalue weighted by Crippen LogP contribution is 2.39. The molecule has 126 valence electrons. The maximum atomic E-state index is 12.6. The van der Waals surface area contributed by atoms with Gasteiger partial charge in [0, 0.05) is 11.5 Å². The van der Waals surface area contributed by atoms with E-state index in [0.717, 1.165) is 0 Å². The molecule has 1 heterocycles. The molecule has 8 heteroatoms. The summed E-state index contributed by atoms with van der Waals surface area (Å²) in [4.78, 5) is 24.4. The van der Waals surface area contributed by atoms with Gasteiger partial charge in [0.25, 0.3) is 15.9 Å². The van der Waals surface area contributed by atoms with E-state index in [0.29, 0.717) is 4.31 Å². The highest BCUT2D eigenvalue weighted by molar-refractivity contribution is 7.90. The third-order valence-corrected chi connectivity index (χ3v) is 5.40. The van der Waals surface area contributed by atoms with Crippen LogP contribution >= 0.6 is 0 Å². The molecule has 0 spiro atoms. The van der Waals surface area contributed by atoms with Gasteiger partial charge in [-0.25, -0.2) is 12.7 Å². The molecule has 23 heavy (non-hydrogen) atoms. The maximum absolute atomic E-state index is 12.6. The maximum Gasteiger partial charge on any atom is 0.269 e. The molecule has 0 radical (unpaired) electrons. The highest BCUT2D eigenvalue weighted by atomic mass is 32.2. The van der Waals surface area contributed by atoms with Gasteiger partial charge in [-0.15, -0.1) is 0 Å². The van der Waals surface area contributed by atoms with E-state index in [1.54, 1.807) is 20.8 Å². The Balaban J connectivity index is 2.52. The predicted octanol–water partition coefficient (Wildman–Crippen LogP) is 1.46. The third-order valence-electron chi connectivity index (χ3n) is 3.63. The number of sulfonamides is 1. The smallest absolute Gasteiger partial charge is 0.269 e. The zero-order valence-corrected chi connectivity index (χ0v) is 14.5. The number of Topliss-reactive ketones (excluding diaryl/α,β-unsaturated/α-hetero) is 1. The van der Waals surface area contributed by atoms with Crippen molar-refractivity contribution in [3.8, 4) is 11.5 Å². The Hall–Kier alpha value is -2.09. The minimum absolute atomic E-state index is 0.0237. The molecule has 0 bridgehead atoms. The molecular weight excluding hydrogens is 322 g/mol. The summed E-state index contributed by atoms with van der Waals surface area (Å²) in [5.41, 5.74) is -0.774. The predicted molar refractivity (Wildman–Crippen MR) is 82.2 cm³/mol. The SMILES string of the molecule is COc1cc2c(cc1OC)S(=O)(=O)N(CC(=O)C(C)(C)C)C2=O. The number of hydrogen-bond donors (Lipinski definition) is 0. The first-order valence-corrected chi connectivity index (χ1v) is 8.34. The van der Waals surface area contributed by atoms with E-state index in [4.69, 9.17) is 9.47 Å². The molecule has 0 fully saturated rings. The minimum atomic E-state index is -4.08. The Morgan fingerprint density at radius 3 is 2.13 bits per heavy atom. The van der Waals surface area contributed by atoms with Crippen molar-refractivity contribution in [2.24, 2.45) is 5.41 Å². The number of hydrogen-bond acceptors (Lipinski definition) is 6. The molecule has 0 aromatic heterocycles. The first kappa shape index (κ1) is 17.3. The molecule has 1 aliphatic rings. The molecular formula is C15H19NO6S. The van der Waals surface area contributed by atoms with E-state index < -0.39 is 27.9 Å². The molecule has 1 aromatic carbocycles. The summed E-state index contributed by atoms with van der Waals surface area (Å²) in [7, 11) is -1.32. The molecule has 0 atom stereocenters. The quantitative estimate of drug-likeness (QED) is 0.824. The zero-order chi connectivity index (χ0) is 17.6. The second kappa shape index (κ2) is 5.52. The Morgan fingerprint density at radius 1 is 1.13 bits per heavy atom. The lowest BCUT2D eigenvalue weighted by atomic mass is 9.91. The number of carbonyl (C=O) groups excluding carboxylic acids is 2. The molecule has 1 amide bonds. The van der Waals surface area contributed by atoms with E-state index in [1.165, 1.54) is 26.4 Å². The van der Waals surface area contributed by atoms with Crippen molar-refractivity contribution in [2.45, 2.75) is 25.7 Å². The summed E-state index contributed by atoms with van der Waals surface area (Å²) in [5.74, 6) is -0.634. The number of carbonyl (C=O) groups is 2. The summed E-state index contributed by atoms with van der Waals surface area (Å²) in [6.07, 6.45) is 0. The molecule has 1 aromatic rings. The lowest BCUT2D eigenvalue weighted by Gasteiger charge is -2.21. The summed E-state index contributed by atoms with van der Waals surface area (Å²) in [5, 5.41) is 0. The average molecular weight is 341 g/mol. The largest absolute Gasteiger partial charge is 0.493 e. The van der Waals surface area contributed by atoms with Crippen LogP contribution in [0.15, 0.2) is 17.0 Å². The van der Waals surface area contributed by atoms with Crippen LogP contribution < -0.4 is 9.47 Å². The molecule has 0 N–H and O–H groups in total. The van der Waals surface area contributed by atoms with Crippen LogP contribution in [0.3, 0.4) is 0 Å². The van der Waals surface area contributed by atoms with Crippen LogP contribution in [0.1, 0.15) is 31.1 Å². The second-order valence-corrected chi connectivity index (χ2v) is 8.02. The first-order chi connectivity index (χ1) is 10.5. The molecule has 0 saturated heterocycles. The van der Waals surface area contributed by atoms with Gasteiger partial charge in [-0.05, 0) is 6.07 Å². The van der Waals surface area contributed by atoms with Crippen molar-refractivity contribution in [1.82, 2.24) is 4.31 Å². The van der Waals surface area contributed by atoms with Gasteiger partial charge in [0.15, 0.2) is 17.3 Å². The van der Waals surface area contributed by atoms with E-state index in [1.807, 2.05) is 0 Å². The topological polar surface area (TPSA) is 90.0 Å². The van der Waals surface area contributed by atoms with Gasteiger partial charge in [0.2, 0.25) is 0 Å². The Kier molecular flexibility index (Phi) is 4.14. The van der Waals surface area contributed by atoms with Gasteiger partial charge in [-0.1, -0.05) is 20.8 Å². The van der Waals surface area contributed by atoms with Crippen LogP contribution in [-0.2, 0) is 14.8 Å². The van der Waals surface area contributed by atoms with E-state index in [9.17, 15) is 18.0 Å². The van der Waals surface area contributed by atoms with Crippen molar-refractivity contribution in [1.29, 1.82) is 0 Å². The molecule has 0 aliphatic carbocycles. The van der Waals surface area contributed by atoms with Crippen molar-refractivity contribution in [2.75, 3.05) is 20.8 Å². The first-order valence-electron chi connectivity index (χ1n) is 6.90. The van der Waals surface area contributed by atoms with Crippen LogP contribution in [0, 0.1) is 5.41 Å². The van der Waals surface area contributed by atoms with Crippen LogP contribution in [0.4, 0.5) is 0 Å². The fraction of sp³-hybridized carbons (Fsp3) is 0.467. The lowest BCUT2D eigenvalue weighted by Crippen LogP contribution is -2.39. The van der Waals surface area contributed by atoms with Gasteiger partial charge in [-0.2, -0.15) is 0 Å². The zero-order valence-electron chi connectivity index (χ0n) is 13.7. The molecule has 7 nitrogen and oxygen atoms in total. The van der Waals surface area contributed by atoms with Crippen molar-refractivity contribution in [3.63, 3.8) is 0 Å². The molecule has 0 unspecified atom stereocenters. The Morgan fingerprint density at radius 2 is 1.65 bits per heavy atom. The molecule has 2 rings (SSSR count). The number of fused-ring (bicyclic) bond motifs is 1. The van der Waals surface area contributed by atoms with Crippen LogP contribution in [0.25, 0.3) is 0 Å². The highest BCUT2D eigenvalue weighted by Gasteiger charge is 2.44. The standard InChI is InChI=1S/C15H19NO6S/c1-15(2,3)13(17)8-16-14(18)9-6-10(21-4)11(22-5)7-12(9)23(16,19)20/h6-7H,8H2,1-5H3. The van der Waals surface area contributed by atoms with E-state index >= 15 is 0 Å². The van der Waals surface area contributed by atoms with E-state index in [2.05, 4.69) is 0 Å². The normalized spacial score (nSPS) is 16.2. The molecule has 1 aliphatic heterocycles. The van der Waals surface area contributed by atoms with Crippen LogP contribution in [0.5, 0.6) is 11.5 Å². The Labute approximate surface area is 135 Å². The number of rotatable bonds is 4. The summed E-state index contributed by atoms with van der Waals surface area (Å²) in [6, 6.07) is 2.55. The fourth-order valence-electron chi connectivity index (χ4n) is 2.13. The van der Waals surface area contributed by atoms with Gasteiger partial charge in [-0.3, -0.25) is 9.59 Å². The second-order valence-electron chi connectivity index (χ2n) is 6.19. The van der Waals surface area contributed by atoms with Crippen molar-refractivity contribution < 1.29 is 27.5 Å². The van der Waals surface area contributed by atoms with Crippen molar-refractivity contribution in [3.05, 3.63) is 17.7 Å². The van der Waals surface area contributed by atoms with Gasteiger partial charge in [0.1, 0.15) is 4.90 Å². The summed E-state index contributed by atoms with van der Waals surface area (Å²) in [6.45, 7) is 4.51. The summed E-state index contributed by atoms with van der Waals surface area (Å²) < 4.78 is 35.9. The minimum Gasteiger partial charge on any atom is -0.493 e. The third kappa shape index (κ3) is 2.78. The van der Waals surface area contributed by atoms with Crippen molar-refractivity contribution >= 4 is 21.7 Å². The lowest BCUT2D eigenvalue weighted by molar-refractivity contribution is -0.126. The fourth-order valence-corrected chi connectivity index (χ4v) is 3.65. The number of ketones is 1. The van der Waals surface area contributed by atoms with Crippen LogP contribution in [0.2, 0.25) is 0 Å². The van der Waals surface area contributed by atoms with Gasteiger partial charge < -0.3 is 9.47 Å². The van der Waals surface area contributed by atoms with Gasteiger partial charge >= 0.3 is 0 Å². The average Bonchev–Trinajstić information content (AvgIpc) is 2.65. The summed E-state index contributed by atoms with van der Waals surface area (Å²) >= 11 is 0. The number of methoxy groups -OCH3 is 2. The number of benzene rings is 1. The Bertz CT molecular complexity index is 776. The van der Waals surface area contributed by atoms with Crippen LogP contribution in [-0.4, -0.2) is 45.2 Å². The number of nitrogens with zero attached hydrogens (tertiary/aromatic N) is 1. The number of ether oxygens (including phenoxy) is 2. The van der Waals surface area contributed by atoms with Gasteiger partial charge in [0.05, 0.1) is 26.3 Å². The molecule has 0 saturated carbocycles. The number of amides is 1.